The second kappa shape index (κ2) is 4.96. The molecule has 2 N–H and O–H groups in total. The normalized spacial score (nSPS) is 18.6. The van der Waals surface area contributed by atoms with Crippen LogP contribution in [-0.4, -0.2) is 42.7 Å². The van der Waals surface area contributed by atoms with Crippen LogP contribution < -0.4 is 5.73 Å². The molecule has 7 nitrogen and oxygen atoms in total. The highest BCUT2D eigenvalue weighted by molar-refractivity contribution is 8.04. The first-order chi connectivity index (χ1) is 9.01. The molecule has 0 aromatic carbocycles. The van der Waals surface area contributed by atoms with Crippen LogP contribution in [0.4, 0.5) is 0 Å². The Morgan fingerprint density at radius 1 is 1.21 bits per heavy atom. The van der Waals surface area contributed by atoms with Crippen molar-refractivity contribution >= 4 is 29.6 Å². The Kier molecular flexibility index (Phi) is 3.52. The summed E-state index contributed by atoms with van der Waals surface area (Å²) in [6.07, 6.45) is -0.00269. The zero-order valence-electron chi connectivity index (χ0n) is 10.4. The summed E-state index contributed by atoms with van der Waals surface area (Å²) < 4.78 is 9.28. The number of fused-ring (bicyclic) bond motifs is 1. The third-order valence-corrected chi connectivity index (χ3v) is 3.90. The van der Waals surface area contributed by atoms with Crippen LogP contribution >= 0.6 is 11.8 Å². The Balaban J connectivity index is 2.50. The highest BCUT2D eigenvalue weighted by atomic mass is 32.2. The molecular weight excluding hydrogens is 272 g/mol. The number of hydrogen-bond acceptors (Lipinski definition) is 7. The molecule has 1 saturated heterocycles. The van der Waals surface area contributed by atoms with Crippen LogP contribution in [0.1, 0.15) is 6.42 Å². The Bertz CT molecular complexity index is 537. The molecule has 19 heavy (non-hydrogen) atoms. The highest BCUT2D eigenvalue weighted by Crippen LogP contribution is 2.40. The number of nitrogens with two attached hydrogens (primary N) is 1. The fourth-order valence-corrected chi connectivity index (χ4v) is 2.95. The van der Waals surface area contributed by atoms with Crippen LogP contribution in [0, 0.1) is 0 Å². The first-order valence-corrected chi connectivity index (χ1v) is 6.34. The van der Waals surface area contributed by atoms with Crippen LogP contribution in [-0.2, 0) is 23.9 Å². The summed E-state index contributed by atoms with van der Waals surface area (Å²) >= 11 is 1.20. The van der Waals surface area contributed by atoms with Crippen molar-refractivity contribution in [2.24, 2.45) is 5.73 Å². The van der Waals surface area contributed by atoms with Gasteiger partial charge in [-0.05, 0) is 0 Å². The van der Waals surface area contributed by atoms with E-state index >= 15 is 0 Å². The van der Waals surface area contributed by atoms with Crippen molar-refractivity contribution in [3.05, 3.63) is 22.0 Å². The van der Waals surface area contributed by atoms with Gasteiger partial charge >= 0.3 is 11.9 Å². The molecule has 8 heteroatoms. The van der Waals surface area contributed by atoms with Crippen LogP contribution in [0.25, 0.3) is 0 Å². The summed E-state index contributed by atoms with van der Waals surface area (Å²) in [5, 5.41) is 0.432. The third-order valence-electron chi connectivity index (χ3n) is 2.81. The van der Waals surface area contributed by atoms with E-state index < -0.39 is 11.9 Å². The predicted octanol–water partition coefficient (Wildman–Crippen LogP) is -0.307. The average Bonchev–Trinajstić information content (AvgIpc) is 2.80. The first kappa shape index (κ1) is 13.5. The predicted molar refractivity (Wildman–Crippen MR) is 66.2 cm³/mol. The van der Waals surface area contributed by atoms with E-state index in [-0.39, 0.29) is 35.0 Å². The minimum absolute atomic E-state index is 0.00269. The largest absolute Gasteiger partial charge is 0.466 e. The van der Waals surface area contributed by atoms with Gasteiger partial charge < -0.3 is 15.2 Å². The highest BCUT2D eigenvalue weighted by Gasteiger charge is 2.40. The third kappa shape index (κ3) is 2.07. The Morgan fingerprint density at radius 2 is 1.79 bits per heavy atom. The molecule has 102 valence electrons. The maximum absolute atomic E-state index is 11.8. The van der Waals surface area contributed by atoms with E-state index in [4.69, 9.17) is 5.73 Å². The number of carbonyl (C=O) groups excluding carboxylic acids is 3. The van der Waals surface area contributed by atoms with Crippen LogP contribution in [0.5, 0.6) is 0 Å². The van der Waals surface area contributed by atoms with Gasteiger partial charge in [0.15, 0.2) is 0 Å². The Hall–Kier alpha value is -1.96. The van der Waals surface area contributed by atoms with Crippen molar-refractivity contribution in [3.63, 3.8) is 0 Å². The number of methoxy groups -OCH3 is 2. The topological polar surface area (TPSA) is 98.9 Å². The minimum Gasteiger partial charge on any atom is -0.466 e. The van der Waals surface area contributed by atoms with Gasteiger partial charge in [-0.2, -0.15) is 0 Å². The second-order valence-electron chi connectivity index (χ2n) is 3.83. The number of esters is 2. The molecule has 1 amide bonds. The summed E-state index contributed by atoms with van der Waals surface area (Å²) in [6.45, 7) is 0. The molecule has 0 spiro atoms. The van der Waals surface area contributed by atoms with Crippen molar-refractivity contribution < 1.29 is 23.9 Å². The van der Waals surface area contributed by atoms with Crippen molar-refractivity contribution in [2.75, 3.05) is 20.0 Å². The summed E-state index contributed by atoms with van der Waals surface area (Å²) in [7, 11) is 2.45. The zero-order chi connectivity index (χ0) is 14.2. The number of rotatable bonds is 2. The molecular formula is C11H12N2O5S. The number of nitrogens with zero attached hydrogens (tertiary/aromatic N) is 1. The Morgan fingerprint density at radius 3 is 2.37 bits per heavy atom. The van der Waals surface area contributed by atoms with E-state index in [0.29, 0.717) is 5.03 Å². The lowest BCUT2D eigenvalue weighted by molar-refractivity contribution is -0.137. The molecule has 0 aliphatic carbocycles. The number of amides is 1. The van der Waals surface area contributed by atoms with E-state index in [0.717, 1.165) is 0 Å². The SMILES string of the molecule is COC(=O)C1=C(N)N2C(=O)CSC2=C(C(=O)OC)C1. The minimum atomic E-state index is -0.664. The lowest BCUT2D eigenvalue weighted by Gasteiger charge is -2.26. The molecule has 0 aromatic rings. The summed E-state index contributed by atoms with van der Waals surface area (Å²) in [5.41, 5.74) is 6.15. The zero-order valence-corrected chi connectivity index (χ0v) is 11.2. The molecule has 2 aliphatic rings. The van der Waals surface area contributed by atoms with Crippen molar-refractivity contribution in [1.82, 2.24) is 4.90 Å². The van der Waals surface area contributed by atoms with Gasteiger partial charge in [0.2, 0.25) is 5.91 Å². The first-order valence-electron chi connectivity index (χ1n) is 5.35. The van der Waals surface area contributed by atoms with E-state index in [1.165, 1.54) is 30.9 Å². The molecule has 0 atom stereocenters. The molecule has 2 aliphatic heterocycles. The lowest BCUT2D eigenvalue weighted by atomic mass is 10.0. The quantitative estimate of drug-likeness (QED) is 0.694. The van der Waals surface area contributed by atoms with Gasteiger partial charge in [-0.25, -0.2) is 9.59 Å². The monoisotopic (exact) mass is 284 g/mol. The van der Waals surface area contributed by atoms with Crippen LogP contribution in [0.15, 0.2) is 22.0 Å². The van der Waals surface area contributed by atoms with Gasteiger partial charge in [0.1, 0.15) is 5.82 Å². The molecule has 0 saturated carbocycles. The standard InChI is InChI=1S/C11H12N2O5S/c1-17-10(15)5-3-6(11(16)18-2)9-13(8(5)12)7(14)4-19-9/h3-4,12H2,1-2H3. The van der Waals surface area contributed by atoms with Gasteiger partial charge in [-0.1, -0.05) is 11.8 Å². The van der Waals surface area contributed by atoms with Gasteiger partial charge in [-0.3, -0.25) is 9.69 Å². The van der Waals surface area contributed by atoms with Crippen molar-refractivity contribution in [2.45, 2.75) is 6.42 Å². The number of ether oxygens (including phenoxy) is 2. The van der Waals surface area contributed by atoms with Crippen molar-refractivity contribution in [3.8, 4) is 0 Å². The lowest BCUT2D eigenvalue weighted by Crippen LogP contribution is -2.36. The molecule has 1 fully saturated rings. The molecule has 0 aromatic heterocycles. The van der Waals surface area contributed by atoms with Crippen molar-refractivity contribution in [1.29, 1.82) is 0 Å². The average molecular weight is 284 g/mol. The van der Waals surface area contributed by atoms with Crippen LogP contribution in [0.3, 0.4) is 0 Å². The van der Waals surface area contributed by atoms with Gasteiger partial charge in [0.05, 0.1) is 36.1 Å². The fraction of sp³-hybridized carbons (Fsp3) is 0.364. The summed E-state index contributed by atoms with van der Waals surface area (Å²) in [6, 6.07) is 0. The second-order valence-corrected chi connectivity index (χ2v) is 4.79. The number of carbonyl (C=O) groups is 3. The summed E-state index contributed by atoms with van der Waals surface area (Å²) in [4.78, 5) is 36.3. The van der Waals surface area contributed by atoms with E-state index in [2.05, 4.69) is 9.47 Å². The van der Waals surface area contributed by atoms with E-state index in [9.17, 15) is 14.4 Å². The van der Waals surface area contributed by atoms with Gasteiger partial charge in [0.25, 0.3) is 0 Å². The van der Waals surface area contributed by atoms with E-state index in [1.54, 1.807) is 0 Å². The fourth-order valence-electron chi connectivity index (χ4n) is 1.90. The molecule has 0 radical (unpaired) electrons. The maximum atomic E-state index is 11.8. The Labute approximate surface area is 113 Å². The molecule has 2 rings (SSSR count). The molecule has 0 bridgehead atoms. The smallest absolute Gasteiger partial charge is 0.337 e. The van der Waals surface area contributed by atoms with Crippen LogP contribution in [0.2, 0.25) is 0 Å². The number of thioether (sulfide) groups is 1. The van der Waals surface area contributed by atoms with Gasteiger partial charge in [-0.15, -0.1) is 0 Å². The molecule has 0 unspecified atom stereocenters. The van der Waals surface area contributed by atoms with Gasteiger partial charge in [0, 0.05) is 6.42 Å². The number of hydrogen-bond donors (Lipinski definition) is 1. The summed E-state index contributed by atoms with van der Waals surface area (Å²) in [5.74, 6) is -1.34. The maximum Gasteiger partial charge on any atom is 0.337 e. The molecule has 2 heterocycles. The van der Waals surface area contributed by atoms with E-state index in [1.807, 2.05) is 0 Å².